The summed E-state index contributed by atoms with van der Waals surface area (Å²) < 4.78 is 4.96. The standard InChI is InChI=1S/C9H19NO2/c1-6(2)5-8(7(3)4)12-9(10)11/h6-8H,5H2,1-4H3,(H2,10,11). The van der Waals surface area contributed by atoms with Crippen LogP contribution < -0.4 is 5.73 Å². The number of amides is 1. The van der Waals surface area contributed by atoms with Crippen molar-refractivity contribution in [2.75, 3.05) is 0 Å². The lowest BCUT2D eigenvalue weighted by Gasteiger charge is -2.21. The van der Waals surface area contributed by atoms with Crippen molar-refractivity contribution in [1.82, 2.24) is 0 Å². The molecule has 0 fully saturated rings. The highest BCUT2D eigenvalue weighted by atomic mass is 16.6. The summed E-state index contributed by atoms with van der Waals surface area (Å²) >= 11 is 0. The Morgan fingerprint density at radius 1 is 1.33 bits per heavy atom. The highest BCUT2D eigenvalue weighted by Gasteiger charge is 2.17. The summed E-state index contributed by atoms with van der Waals surface area (Å²) in [6, 6.07) is 0. The predicted octanol–water partition coefficient (Wildman–Crippen LogP) is 2.15. The van der Waals surface area contributed by atoms with Gasteiger partial charge in [0, 0.05) is 0 Å². The SMILES string of the molecule is CC(C)CC(OC(N)=O)C(C)C. The normalized spacial score (nSPS) is 13.5. The van der Waals surface area contributed by atoms with E-state index in [2.05, 4.69) is 13.8 Å². The molecular weight excluding hydrogens is 154 g/mol. The Hall–Kier alpha value is -0.730. The van der Waals surface area contributed by atoms with Crippen molar-refractivity contribution in [2.45, 2.75) is 40.2 Å². The average Bonchev–Trinajstić information content (AvgIpc) is 1.83. The molecule has 0 heterocycles. The lowest BCUT2D eigenvalue weighted by atomic mass is 9.97. The molecular formula is C9H19NO2. The van der Waals surface area contributed by atoms with Crippen LogP contribution in [0, 0.1) is 11.8 Å². The second-order valence-electron chi connectivity index (χ2n) is 3.85. The molecule has 0 aliphatic heterocycles. The van der Waals surface area contributed by atoms with Gasteiger partial charge in [-0.05, 0) is 18.3 Å². The van der Waals surface area contributed by atoms with E-state index in [-0.39, 0.29) is 6.10 Å². The zero-order valence-electron chi connectivity index (χ0n) is 8.33. The quantitative estimate of drug-likeness (QED) is 0.708. The van der Waals surface area contributed by atoms with Crippen molar-refractivity contribution in [2.24, 2.45) is 17.6 Å². The van der Waals surface area contributed by atoms with Gasteiger partial charge in [0.2, 0.25) is 0 Å². The summed E-state index contributed by atoms with van der Waals surface area (Å²) in [5, 5.41) is 0. The van der Waals surface area contributed by atoms with Crippen molar-refractivity contribution in [3.05, 3.63) is 0 Å². The van der Waals surface area contributed by atoms with Gasteiger partial charge in [0.25, 0.3) is 0 Å². The summed E-state index contributed by atoms with van der Waals surface area (Å²) in [5.41, 5.74) is 4.95. The van der Waals surface area contributed by atoms with Gasteiger partial charge >= 0.3 is 6.09 Å². The van der Waals surface area contributed by atoms with Gasteiger partial charge in [0.05, 0.1) is 0 Å². The predicted molar refractivity (Wildman–Crippen MR) is 48.7 cm³/mol. The Balaban J connectivity index is 3.95. The van der Waals surface area contributed by atoms with E-state index in [0.717, 1.165) is 6.42 Å². The minimum absolute atomic E-state index is 0.0394. The van der Waals surface area contributed by atoms with Crippen LogP contribution in [-0.4, -0.2) is 12.2 Å². The molecule has 0 aliphatic carbocycles. The van der Waals surface area contributed by atoms with Gasteiger partial charge in [-0.15, -0.1) is 0 Å². The molecule has 3 heteroatoms. The number of primary amides is 1. The van der Waals surface area contributed by atoms with Gasteiger partial charge in [-0.3, -0.25) is 0 Å². The molecule has 0 rings (SSSR count). The zero-order valence-corrected chi connectivity index (χ0v) is 8.33. The van der Waals surface area contributed by atoms with Crippen molar-refractivity contribution >= 4 is 6.09 Å². The third kappa shape index (κ3) is 4.99. The number of hydrogen-bond donors (Lipinski definition) is 1. The third-order valence-electron chi connectivity index (χ3n) is 1.71. The fourth-order valence-electron chi connectivity index (χ4n) is 1.07. The molecule has 0 aromatic heterocycles. The van der Waals surface area contributed by atoms with E-state index < -0.39 is 6.09 Å². The van der Waals surface area contributed by atoms with E-state index in [1.807, 2.05) is 13.8 Å². The Morgan fingerprint density at radius 3 is 2.08 bits per heavy atom. The molecule has 0 spiro atoms. The minimum atomic E-state index is -0.672. The third-order valence-corrected chi connectivity index (χ3v) is 1.71. The van der Waals surface area contributed by atoms with Crippen LogP contribution >= 0.6 is 0 Å². The van der Waals surface area contributed by atoms with Crippen LogP contribution in [0.5, 0.6) is 0 Å². The first-order valence-electron chi connectivity index (χ1n) is 4.39. The lowest BCUT2D eigenvalue weighted by Crippen LogP contribution is -2.28. The van der Waals surface area contributed by atoms with E-state index >= 15 is 0 Å². The Morgan fingerprint density at radius 2 is 1.83 bits per heavy atom. The maximum atomic E-state index is 10.5. The van der Waals surface area contributed by atoms with Crippen molar-refractivity contribution in [3.63, 3.8) is 0 Å². The Kier molecular flexibility index (Phi) is 4.71. The van der Waals surface area contributed by atoms with Gasteiger partial charge in [-0.1, -0.05) is 27.7 Å². The molecule has 3 nitrogen and oxygen atoms in total. The fourth-order valence-corrected chi connectivity index (χ4v) is 1.07. The second kappa shape index (κ2) is 5.01. The number of carbonyl (C=O) groups excluding carboxylic acids is 1. The molecule has 1 amide bonds. The van der Waals surface area contributed by atoms with Gasteiger partial charge in [0.15, 0.2) is 0 Å². The van der Waals surface area contributed by atoms with E-state index in [1.165, 1.54) is 0 Å². The zero-order chi connectivity index (χ0) is 9.72. The topological polar surface area (TPSA) is 52.3 Å². The minimum Gasteiger partial charge on any atom is -0.446 e. The summed E-state index contributed by atoms with van der Waals surface area (Å²) in [4.78, 5) is 10.5. The highest BCUT2D eigenvalue weighted by Crippen LogP contribution is 2.15. The van der Waals surface area contributed by atoms with Crippen LogP contribution in [0.2, 0.25) is 0 Å². The van der Waals surface area contributed by atoms with Crippen LogP contribution in [0.1, 0.15) is 34.1 Å². The number of rotatable bonds is 4. The molecule has 0 saturated carbocycles. The molecule has 0 aromatic rings. The molecule has 0 aromatic carbocycles. The van der Waals surface area contributed by atoms with Crippen molar-refractivity contribution < 1.29 is 9.53 Å². The molecule has 0 bridgehead atoms. The van der Waals surface area contributed by atoms with Crippen LogP contribution in [-0.2, 0) is 4.74 Å². The van der Waals surface area contributed by atoms with Gasteiger partial charge < -0.3 is 10.5 Å². The first-order valence-corrected chi connectivity index (χ1v) is 4.39. The summed E-state index contributed by atoms with van der Waals surface area (Å²) in [6.45, 7) is 8.24. The highest BCUT2D eigenvalue weighted by molar-refractivity contribution is 5.64. The van der Waals surface area contributed by atoms with Crippen LogP contribution in [0.25, 0.3) is 0 Å². The number of carbonyl (C=O) groups is 1. The van der Waals surface area contributed by atoms with E-state index in [1.54, 1.807) is 0 Å². The molecule has 12 heavy (non-hydrogen) atoms. The summed E-state index contributed by atoms with van der Waals surface area (Å²) in [7, 11) is 0. The number of nitrogens with two attached hydrogens (primary N) is 1. The maximum absolute atomic E-state index is 10.5. The first-order chi connectivity index (χ1) is 5.43. The van der Waals surface area contributed by atoms with Crippen LogP contribution in [0.15, 0.2) is 0 Å². The van der Waals surface area contributed by atoms with E-state index in [4.69, 9.17) is 10.5 Å². The molecule has 1 unspecified atom stereocenters. The van der Waals surface area contributed by atoms with Crippen LogP contribution in [0.3, 0.4) is 0 Å². The van der Waals surface area contributed by atoms with Crippen molar-refractivity contribution in [1.29, 1.82) is 0 Å². The monoisotopic (exact) mass is 173 g/mol. The Bertz CT molecular complexity index is 143. The number of ether oxygens (including phenoxy) is 1. The maximum Gasteiger partial charge on any atom is 0.404 e. The molecule has 0 aliphatic rings. The largest absolute Gasteiger partial charge is 0.446 e. The molecule has 2 N–H and O–H groups in total. The van der Waals surface area contributed by atoms with Crippen molar-refractivity contribution in [3.8, 4) is 0 Å². The van der Waals surface area contributed by atoms with E-state index in [0.29, 0.717) is 11.8 Å². The molecule has 1 atom stereocenters. The van der Waals surface area contributed by atoms with Gasteiger partial charge in [-0.25, -0.2) is 4.79 Å². The molecule has 0 saturated heterocycles. The fraction of sp³-hybridized carbons (Fsp3) is 0.889. The van der Waals surface area contributed by atoms with Gasteiger partial charge in [-0.2, -0.15) is 0 Å². The lowest BCUT2D eigenvalue weighted by molar-refractivity contribution is 0.0648. The van der Waals surface area contributed by atoms with Crippen LogP contribution in [0.4, 0.5) is 4.79 Å². The van der Waals surface area contributed by atoms with E-state index in [9.17, 15) is 4.79 Å². The average molecular weight is 173 g/mol. The molecule has 72 valence electrons. The van der Waals surface area contributed by atoms with Gasteiger partial charge in [0.1, 0.15) is 6.10 Å². The second-order valence-corrected chi connectivity index (χ2v) is 3.85. The Labute approximate surface area is 74.3 Å². The summed E-state index contributed by atoms with van der Waals surface area (Å²) in [5.74, 6) is 0.858. The smallest absolute Gasteiger partial charge is 0.404 e. The first kappa shape index (κ1) is 11.3. The summed E-state index contributed by atoms with van der Waals surface area (Å²) in [6.07, 6.45) is 0.164. The number of hydrogen-bond acceptors (Lipinski definition) is 2. The molecule has 0 radical (unpaired) electrons.